The van der Waals surface area contributed by atoms with Crippen molar-refractivity contribution in [3.63, 3.8) is 0 Å². The Hall–Kier alpha value is -2.12. The Labute approximate surface area is 168 Å². The molecular weight excluding hydrogens is 379 g/mol. The summed E-state index contributed by atoms with van der Waals surface area (Å²) in [7, 11) is 4.01. The van der Waals surface area contributed by atoms with E-state index in [9.17, 15) is 18.0 Å². The maximum absolute atomic E-state index is 13.1. The van der Waals surface area contributed by atoms with Crippen LogP contribution in [0.3, 0.4) is 0 Å². The van der Waals surface area contributed by atoms with Gasteiger partial charge in [0.2, 0.25) is 0 Å². The molecule has 7 heteroatoms. The second-order valence-electron chi connectivity index (χ2n) is 8.57. The smallest absolute Gasteiger partial charge is 0.308 e. The zero-order chi connectivity index (χ0) is 20.8. The summed E-state index contributed by atoms with van der Waals surface area (Å²) in [6.07, 6.45) is -3.31. The minimum absolute atomic E-state index is 0.0374. The first-order valence-electron chi connectivity index (χ1n) is 9.97. The monoisotopic (exact) mass is 405 g/mol. The van der Waals surface area contributed by atoms with E-state index >= 15 is 0 Å². The average Bonchev–Trinajstić information content (AvgIpc) is 2.64. The molecule has 2 aromatic rings. The molecule has 1 aromatic heterocycles. The van der Waals surface area contributed by atoms with E-state index < -0.39 is 11.7 Å². The molecule has 2 bridgehead atoms. The molecule has 156 valence electrons. The molecule has 0 spiro atoms. The van der Waals surface area contributed by atoms with E-state index in [4.69, 9.17) is 0 Å². The number of halogens is 3. The number of benzene rings is 1. The Morgan fingerprint density at radius 2 is 1.86 bits per heavy atom. The Balaban J connectivity index is 1.61. The van der Waals surface area contributed by atoms with Crippen LogP contribution in [0.15, 0.2) is 47.3 Å². The third-order valence-corrected chi connectivity index (χ3v) is 6.09. The summed E-state index contributed by atoms with van der Waals surface area (Å²) in [6, 6.07) is 11.1. The van der Waals surface area contributed by atoms with E-state index in [1.807, 2.05) is 30.8 Å². The number of likely N-dealkylation sites (N-methyl/N-ethyl adjacent to an activating group) is 1. The quantitative estimate of drug-likeness (QED) is 0.778. The van der Waals surface area contributed by atoms with Crippen molar-refractivity contribution < 1.29 is 13.2 Å². The van der Waals surface area contributed by atoms with Crippen molar-refractivity contribution >= 4 is 0 Å². The predicted molar refractivity (Wildman–Crippen MR) is 106 cm³/mol. The zero-order valence-electron chi connectivity index (χ0n) is 16.7. The topological polar surface area (TPSA) is 28.5 Å². The summed E-state index contributed by atoms with van der Waals surface area (Å²) < 4.78 is 41.1. The summed E-state index contributed by atoms with van der Waals surface area (Å²) in [5.41, 5.74) is 1.16. The molecule has 29 heavy (non-hydrogen) atoms. The molecule has 2 aliphatic rings. The largest absolute Gasteiger partial charge is 0.416 e. The van der Waals surface area contributed by atoms with Crippen LogP contribution in [0.5, 0.6) is 0 Å². The van der Waals surface area contributed by atoms with Crippen LogP contribution in [0.2, 0.25) is 0 Å². The molecule has 3 atom stereocenters. The number of nitrogens with zero attached hydrogens (tertiary/aromatic N) is 3. The minimum Gasteiger partial charge on any atom is -0.308 e. The number of rotatable bonds is 4. The molecule has 0 unspecified atom stereocenters. The van der Waals surface area contributed by atoms with Crippen LogP contribution < -0.4 is 5.56 Å². The Kier molecular flexibility index (Phi) is 5.29. The van der Waals surface area contributed by atoms with Gasteiger partial charge in [-0.25, -0.2) is 0 Å². The second-order valence-corrected chi connectivity index (χ2v) is 8.57. The van der Waals surface area contributed by atoms with Gasteiger partial charge in [-0.1, -0.05) is 24.3 Å². The van der Waals surface area contributed by atoms with Crippen LogP contribution in [0.4, 0.5) is 13.2 Å². The lowest BCUT2D eigenvalue weighted by atomic mass is 9.78. The van der Waals surface area contributed by atoms with Gasteiger partial charge in [0.05, 0.1) is 11.6 Å². The Morgan fingerprint density at radius 3 is 2.59 bits per heavy atom. The highest BCUT2D eigenvalue weighted by Crippen LogP contribution is 2.41. The molecule has 1 saturated heterocycles. The second kappa shape index (κ2) is 7.61. The van der Waals surface area contributed by atoms with Gasteiger partial charge >= 0.3 is 6.18 Å². The standard InChI is InChI=1S/C22H26F3N3O/c1-26(2)14-20-17-10-16(19-7-4-8-21(29)28(19)20)12-27(13-17)11-15-5-3-6-18(9-15)22(23,24)25/h3-9,16-17,20H,10-14H2,1-2H3/t16-,17+,20+/m1/s1. The van der Waals surface area contributed by atoms with Gasteiger partial charge in [-0.2, -0.15) is 13.2 Å². The summed E-state index contributed by atoms with van der Waals surface area (Å²) in [5.74, 6) is 0.529. The number of hydrogen-bond donors (Lipinski definition) is 0. The molecule has 0 saturated carbocycles. The molecule has 4 nitrogen and oxygen atoms in total. The molecule has 2 aliphatic heterocycles. The van der Waals surface area contributed by atoms with Crippen molar-refractivity contribution in [3.8, 4) is 0 Å². The number of aromatic nitrogens is 1. The highest BCUT2D eigenvalue weighted by atomic mass is 19.4. The van der Waals surface area contributed by atoms with Crippen LogP contribution in [-0.2, 0) is 12.7 Å². The van der Waals surface area contributed by atoms with Gasteiger partial charge in [0.15, 0.2) is 0 Å². The van der Waals surface area contributed by atoms with Gasteiger partial charge in [0.1, 0.15) is 0 Å². The number of likely N-dealkylation sites (tertiary alicyclic amines) is 1. The highest BCUT2D eigenvalue weighted by Gasteiger charge is 2.40. The van der Waals surface area contributed by atoms with E-state index in [2.05, 4.69) is 9.80 Å². The highest BCUT2D eigenvalue weighted by molar-refractivity contribution is 5.26. The molecule has 1 aromatic carbocycles. The number of pyridine rings is 1. The lowest BCUT2D eigenvalue weighted by Gasteiger charge is -2.47. The van der Waals surface area contributed by atoms with Gasteiger partial charge < -0.3 is 9.47 Å². The molecule has 1 fully saturated rings. The first-order chi connectivity index (χ1) is 13.7. The van der Waals surface area contributed by atoms with Crippen molar-refractivity contribution in [2.75, 3.05) is 33.7 Å². The van der Waals surface area contributed by atoms with Crippen molar-refractivity contribution in [2.45, 2.75) is 31.1 Å². The molecule has 0 radical (unpaired) electrons. The third-order valence-electron chi connectivity index (χ3n) is 6.09. The summed E-state index contributed by atoms with van der Waals surface area (Å²) >= 11 is 0. The van der Waals surface area contributed by atoms with Crippen molar-refractivity contribution in [1.82, 2.24) is 14.4 Å². The molecule has 0 aliphatic carbocycles. The maximum atomic E-state index is 13.1. The predicted octanol–water partition coefficient (Wildman–Crippen LogP) is 3.59. The van der Waals surface area contributed by atoms with E-state index in [0.717, 1.165) is 37.8 Å². The van der Waals surface area contributed by atoms with E-state index in [1.54, 1.807) is 12.1 Å². The van der Waals surface area contributed by atoms with Gasteiger partial charge in [-0.15, -0.1) is 0 Å². The molecule has 4 rings (SSSR count). The summed E-state index contributed by atoms with van der Waals surface area (Å²) in [4.78, 5) is 17.0. The normalized spacial score (nSPS) is 24.6. The van der Waals surface area contributed by atoms with Crippen molar-refractivity contribution in [2.24, 2.45) is 5.92 Å². The Morgan fingerprint density at radius 1 is 1.10 bits per heavy atom. The first kappa shape index (κ1) is 20.2. The van der Waals surface area contributed by atoms with Crippen molar-refractivity contribution in [1.29, 1.82) is 0 Å². The van der Waals surface area contributed by atoms with Crippen LogP contribution in [0.25, 0.3) is 0 Å². The van der Waals surface area contributed by atoms with E-state index in [0.29, 0.717) is 18.0 Å². The molecule has 0 amide bonds. The van der Waals surface area contributed by atoms with Crippen LogP contribution in [-0.4, -0.2) is 48.1 Å². The minimum atomic E-state index is -4.33. The first-order valence-corrected chi connectivity index (χ1v) is 9.97. The fourth-order valence-electron chi connectivity index (χ4n) is 4.98. The van der Waals surface area contributed by atoms with E-state index in [-0.39, 0.29) is 17.5 Å². The lowest BCUT2D eigenvalue weighted by molar-refractivity contribution is -0.137. The van der Waals surface area contributed by atoms with Gasteiger partial charge in [-0.3, -0.25) is 9.69 Å². The Bertz CT molecular complexity index is 937. The third kappa shape index (κ3) is 4.12. The van der Waals surface area contributed by atoms with Gasteiger partial charge in [0.25, 0.3) is 5.56 Å². The molecule has 0 N–H and O–H groups in total. The zero-order valence-corrected chi connectivity index (χ0v) is 16.7. The number of alkyl halides is 3. The number of piperidine rings is 1. The average molecular weight is 405 g/mol. The van der Waals surface area contributed by atoms with E-state index in [1.165, 1.54) is 12.1 Å². The van der Waals surface area contributed by atoms with Crippen LogP contribution in [0, 0.1) is 5.92 Å². The number of hydrogen-bond acceptors (Lipinski definition) is 3. The molecular formula is C22H26F3N3O. The fourth-order valence-corrected chi connectivity index (χ4v) is 4.98. The van der Waals surface area contributed by atoms with Gasteiger partial charge in [0, 0.05) is 43.9 Å². The summed E-state index contributed by atoms with van der Waals surface area (Å²) in [6.45, 7) is 2.80. The maximum Gasteiger partial charge on any atom is 0.416 e. The lowest BCUT2D eigenvalue weighted by Crippen LogP contribution is -2.51. The van der Waals surface area contributed by atoms with Gasteiger partial charge in [-0.05, 0) is 44.1 Å². The summed E-state index contributed by atoms with van der Waals surface area (Å²) in [5, 5.41) is 0. The van der Waals surface area contributed by atoms with Crippen LogP contribution in [0.1, 0.15) is 35.2 Å². The van der Waals surface area contributed by atoms with Crippen LogP contribution >= 0.6 is 0 Å². The number of fused-ring (bicyclic) bond motifs is 4. The SMILES string of the molecule is CN(C)C[C@H]1[C@H]2C[C@H](CN(Cc3cccc(C(F)(F)F)c3)C2)c2cccc(=O)n21. The molecule has 3 heterocycles. The fraction of sp³-hybridized carbons (Fsp3) is 0.500. The van der Waals surface area contributed by atoms with Crippen molar-refractivity contribution in [3.05, 3.63) is 69.6 Å².